The Morgan fingerprint density at radius 3 is 2.22 bits per heavy atom. The molecule has 2 saturated carbocycles. The van der Waals surface area contributed by atoms with Gasteiger partial charge in [0, 0.05) is 5.57 Å². The highest BCUT2D eigenvalue weighted by Gasteiger charge is 2.33. The number of unbranched alkanes of at least 4 members (excludes halogenated alkanes) is 3. The van der Waals surface area contributed by atoms with E-state index in [1.165, 1.54) is 38.5 Å². The van der Waals surface area contributed by atoms with Crippen molar-refractivity contribution in [2.45, 2.75) is 110 Å². The minimum Gasteiger partial charge on any atom is -0.462 e. The zero-order valence-corrected chi connectivity index (χ0v) is 23.8. The molecule has 2 fully saturated rings. The van der Waals surface area contributed by atoms with Crippen LogP contribution in [0.2, 0.25) is 5.02 Å². The van der Waals surface area contributed by atoms with Crippen molar-refractivity contribution in [3.05, 3.63) is 40.9 Å². The average Bonchev–Trinajstić information content (AvgIpc) is 2.90. The normalized spacial score (nSPS) is 23.9. The maximum absolute atomic E-state index is 12.9. The van der Waals surface area contributed by atoms with Gasteiger partial charge in [0.2, 0.25) is 0 Å². The van der Waals surface area contributed by atoms with Crippen molar-refractivity contribution in [2.24, 2.45) is 23.7 Å². The quantitative estimate of drug-likeness (QED) is 0.110. The van der Waals surface area contributed by atoms with E-state index in [0.717, 1.165) is 81.1 Å². The Morgan fingerprint density at radius 1 is 0.946 bits per heavy atom. The van der Waals surface area contributed by atoms with Gasteiger partial charge in [-0.15, -0.1) is 0 Å². The van der Waals surface area contributed by atoms with Gasteiger partial charge in [0.25, 0.3) is 0 Å². The molecule has 5 heteroatoms. The molecule has 2 aliphatic rings. The molecule has 1 aromatic carbocycles. The van der Waals surface area contributed by atoms with E-state index in [1.807, 2.05) is 18.2 Å². The molecule has 0 atom stereocenters. The van der Waals surface area contributed by atoms with E-state index in [4.69, 9.17) is 21.1 Å². The van der Waals surface area contributed by atoms with Gasteiger partial charge >= 0.3 is 11.9 Å². The fraction of sp³-hybridized carbons (Fsp3) is 0.688. The molecule has 37 heavy (non-hydrogen) atoms. The highest BCUT2D eigenvalue weighted by Crippen LogP contribution is 2.42. The van der Waals surface area contributed by atoms with Gasteiger partial charge in [-0.05, 0) is 100 Å². The third-order valence-electron chi connectivity index (χ3n) is 8.51. The largest absolute Gasteiger partial charge is 0.462 e. The number of rotatable bonds is 13. The van der Waals surface area contributed by atoms with E-state index >= 15 is 0 Å². The van der Waals surface area contributed by atoms with Gasteiger partial charge in [0.05, 0.1) is 17.5 Å². The van der Waals surface area contributed by atoms with E-state index < -0.39 is 0 Å². The topological polar surface area (TPSA) is 52.6 Å². The van der Waals surface area contributed by atoms with Crippen molar-refractivity contribution in [2.75, 3.05) is 6.61 Å². The molecule has 206 valence electrons. The van der Waals surface area contributed by atoms with E-state index in [-0.39, 0.29) is 17.9 Å². The first-order chi connectivity index (χ1) is 17.9. The lowest BCUT2D eigenvalue weighted by molar-refractivity contribution is -0.140. The Morgan fingerprint density at radius 2 is 1.59 bits per heavy atom. The zero-order valence-electron chi connectivity index (χ0n) is 23.1. The van der Waals surface area contributed by atoms with Gasteiger partial charge in [0.1, 0.15) is 5.75 Å². The zero-order chi connectivity index (χ0) is 26.6. The van der Waals surface area contributed by atoms with Crippen molar-refractivity contribution in [3.63, 3.8) is 0 Å². The van der Waals surface area contributed by atoms with Gasteiger partial charge < -0.3 is 9.47 Å². The highest BCUT2D eigenvalue weighted by molar-refractivity contribution is 6.32. The standard InChI is InChI=1S/C32H47ClO4/c1-4-9-24-11-14-26(15-12-24)27-16-18-28(19-17-27)32(35)37-30-20-13-25(22-29(30)33)10-7-5-6-8-21-36-31(34)23(2)3/h13,20,22,24,26-28H,2,4-12,14-19,21H2,1,3H3. The molecule has 3 rings (SSSR count). The molecule has 0 heterocycles. The first kappa shape index (κ1) is 29.7. The molecular formula is C32H47ClO4. The van der Waals surface area contributed by atoms with E-state index in [9.17, 15) is 9.59 Å². The smallest absolute Gasteiger partial charge is 0.333 e. The summed E-state index contributed by atoms with van der Waals surface area (Å²) in [4.78, 5) is 24.2. The van der Waals surface area contributed by atoms with Gasteiger partial charge in [-0.2, -0.15) is 0 Å². The molecule has 2 aliphatic carbocycles. The Balaban J connectivity index is 1.33. The summed E-state index contributed by atoms with van der Waals surface area (Å²) >= 11 is 6.47. The van der Waals surface area contributed by atoms with Crippen LogP contribution in [0.5, 0.6) is 5.75 Å². The summed E-state index contributed by atoms with van der Waals surface area (Å²) in [6.45, 7) is 7.98. The van der Waals surface area contributed by atoms with Crippen LogP contribution >= 0.6 is 11.6 Å². The third-order valence-corrected chi connectivity index (χ3v) is 8.80. The van der Waals surface area contributed by atoms with Crippen LogP contribution in [-0.4, -0.2) is 18.5 Å². The highest BCUT2D eigenvalue weighted by atomic mass is 35.5. The van der Waals surface area contributed by atoms with Crippen LogP contribution in [0.4, 0.5) is 0 Å². The second kappa shape index (κ2) is 15.6. The SMILES string of the molecule is C=C(C)C(=O)OCCCCCCc1ccc(OC(=O)C2CCC(C3CCC(CCC)CC3)CC2)c(Cl)c1. The minimum absolute atomic E-state index is 0.00177. The number of ether oxygens (including phenoxy) is 2. The van der Waals surface area contributed by atoms with Gasteiger partial charge in [-0.1, -0.05) is 69.7 Å². The summed E-state index contributed by atoms with van der Waals surface area (Å²) in [5.41, 5.74) is 1.58. The van der Waals surface area contributed by atoms with Gasteiger partial charge in [-0.25, -0.2) is 4.79 Å². The van der Waals surface area contributed by atoms with Crippen LogP contribution in [-0.2, 0) is 20.7 Å². The first-order valence-electron chi connectivity index (χ1n) is 14.7. The number of hydrogen-bond donors (Lipinski definition) is 0. The number of aryl methyl sites for hydroxylation is 1. The molecule has 0 bridgehead atoms. The molecule has 1 aromatic rings. The number of esters is 2. The van der Waals surface area contributed by atoms with Crippen molar-refractivity contribution >= 4 is 23.5 Å². The lowest BCUT2D eigenvalue weighted by Gasteiger charge is -2.37. The predicted octanol–water partition coefficient (Wildman–Crippen LogP) is 8.88. The van der Waals surface area contributed by atoms with Gasteiger partial charge in [0.15, 0.2) is 0 Å². The summed E-state index contributed by atoms with van der Waals surface area (Å²) in [7, 11) is 0. The molecule has 0 aromatic heterocycles. The Kier molecular flexibility index (Phi) is 12.5. The minimum atomic E-state index is -0.317. The number of hydrogen-bond acceptors (Lipinski definition) is 4. The molecule has 4 nitrogen and oxygen atoms in total. The van der Waals surface area contributed by atoms with E-state index in [2.05, 4.69) is 13.5 Å². The van der Waals surface area contributed by atoms with Crippen molar-refractivity contribution in [1.29, 1.82) is 0 Å². The number of halogens is 1. The van der Waals surface area contributed by atoms with E-state index in [1.54, 1.807) is 6.92 Å². The Bertz CT molecular complexity index is 879. The van der Waals surface area contributed by atoms with Crippen LogP contribution in [0.1, 0.15) is 109 Å². The average molecular weight is 531 g/mol. The molecule has 0 amide bonds. The lowest BCUT2D eigenvalue weighted by Crippen LogP contribution is -2.30. The van der Waals surface area contributed by atoms with Crippen LogP contribution < -0.4 is 4.74 Å². The number of benzene rings is 1. The fourth-order valence-corrected chi connectivity index (χ4v) is 6.47. The lowest BCUT2D eigenvalue weighted by atomic mass is 9.69. The molecule has 0 aliphatic heterocycles. The van der Waals surface area contributed by atoms with Crippen LogP contribution in [0.15, 0.2) is 30.4 Å². The molecule has 0 radical (unpaired) electrons. The molecule has 0 saturated heterocycles. The molecule has 0 unspecified atom stereocenters. The van der Waals surface area contributed by atoms with Crippen LogP contribution in [0.25, 0.3) is 0 Å². The predicted molar refractivity (Wildman–Crippen MR) is 151 cm³/mol. The molecule has 0 N–H and O–H groups in total. The maximum atomic E-state index is 12.9. The third kappa shape index (κ3) is 9.78. The molecular weight excluding hydrogens is 484 g/mol. The summed E-state index contributed by atoms with van der Waals surface area (Å²) < 4.78 is 10.9. The van der Waals surface area contributed by atoms with Crippen molar-refractivity contribution in [1.82, 2.24) is 0 Å². The second-order valence-corrected chi connectivity index (χ2v) is 11.9. The second-order valence-electron chi connectivity index (χ2n) is 11.4. The van der Waals surface area contributed by atoms with Crippen LogP contribution in [0, 0.1) is 23.7 Å². The van der Waals surface area contributed by atoms with Crippen molar-refractivity contribution in [3.8, 4) is 5.75 Å². The molecule has 0 spiro atoms. The Hall–Kier alpha value is -1.81. The monoisotopic (exact) mass is 530 g/mol. The fourth-order valence-electron chi connectivity index (χ4n) is 6.23. The van der Waals surface area contributed by atoms with Crippen molar-refractivity contribution < 1.29 is 19.1 Å². The van der Waals surface area contributed by atoms with Gasteiger partial charge in [-0.3, -0.25) is 4.79 Å². The number of carbonyl (C=O) groups is 2. The summed E-state index contributed by atoms with van der Waals surface area (Å²) in [5, 5.41) is 0.509. The van der Waals surface area contributed by atoms with E-state index in [0.29, 0.717) is 23.0 Å². The number of carbonyl (C=O) groups excluding carboxylic acids is 2. The summed E-state index contributed by atoms with van der Waals surface area (Å²) in [6.07, 6.45) is 17.4. The summed E-state index contributed by atoms with van der Waals surface area (Å²) in [5.74, 6) is 2.65. The Labute approximate surface area is 229 Å². The first-order valence-corrected chi connectivity index (χ1v) is 15.1. The summed E-state index contributed by atoms with van der Waals surface area (Å²) in [6, 6.07) is 5.77. The van der Waals surface area contributed by atoms with Crippen LogP contribution in [0.3, 0.4) is 0 Å². The maximum Gasteiger partial charge on any atom is 0.333 e.